The molecule has 1 saturated heterocycles. The highest BCUT2D eigenvalue weighted by Gasteiger charge is 2.24. The third-order valence-electron chi connectivity index (χ3n) is 2.39. The number of aliphatic hydroxyl groups is 1. The van der Waals surface area contributed by atoms with Crippen LogP contribution in [-0.4, -0.2) is 50.3 Å². The summed E-state index contributed by atoms with van der Waals surface area (Å²) in [6.45, 7) is 0.982. The Labute approximate surface area is 86.3 Å². The molecule has 4 N–H and O–H groups in total. The SMILES string of the molecule is Nc1n[nH]c(C(=O)N2CCC[C@H](O)C2)n1. The fraction of sp³-hybridized carbons (Fsp3) is 0.625. The number of hydrogen-bond donors (Lipinski definition) is 3. The maximum Gasteiger partial charge on any atom is 0.291 e. The number of piperidine rings is 1. The second kappa shape index (κ2) is 3.85. The van der Waals surface area contributed by atoms with E-state index in [1.54, 1.807) is 4.90 Å². The van der Waals surface area contributed by atoms with Crippen LogP contribution in [0.2, 0.25) is 0 Å². The molecule has 2 rings (SSSR count). The molecular weight excluding hydrogens is 198 g/mol. The molecule has 0 bridgehead atoms. The van der Waals surface area contributed by atoms with E-state index in [1.807, 2.05) is 0 Å². The van der Waals surface area contributed by atoms with E-state index >= 15 is 0 Å². The van der Waals surface area contributed by atoms with Crippen LogP contribution in [0.25, 0.3) is 0 Å². The summed E-state index contributed by atoms with van der Waals surface area (Å²) in [7, 11) is 0. The van der Waals surface area contributed by atoms with E-state index in [1.165, 1.54) is 0 Å². The summed E-state index contributed by atoms with van der Waals surface area (Å²) >= 11 is 0. The number of β-amino-alcohol motifs (C(OH)–C–C–N with tert-alkyl or cyclic N) is 1. The molecule has 1 aliphatic rings. The van der Waals surface area contributed by atoms with Crippen LogP contribution in [-0.2, 0) is 0 Å². The van der Waals surface area contributed by atoms with Crippen molar-refractivity contribution in [1.29, 1.82) is 0 Å². The monoisotopic (exact) mass is 211 g/mol. The fourth-order valence-corrected chi connectivity index (χ4v) is 1.66. The molecule has 0 radical (unpaired) electrons. The van der Waals surface area contributed by atoms with E-state index in [4.69, 9.17) is 5.73 Å². The first-order valence-electron chi connectivity index (χ1n) is 4.82. The molecule has 0 saturated carbocycles. The zero-order valence-corrected chi connectivity index (χ0v) is 8.18. The van der Waals surface area contributed by atoms with Crippen molar-refractivity contribution in [2.45, 2.75) is 18.9 Å². The number of aliphatic hydroxyl groups excluding tert-OH is 1. The molecule has 2 heterocycles. The zero-order chi connectivity index (χ0) is 10.8. The van der Waals surface area contributed by atoms with Gasteiger partial charge in [-0.05, 0) is 12.8 Å². The van der Waals surface area contributed by atoms with Crippen molar-refractivity contribution in [2.24, 2.45) is 0 Å². The van der Waals surface area contributed by atoms with Crippen molar-refractivity contribution in [3.05, 3.63) is 5.82 Å². The number of hydrogen-bond acceptors (Lipinski definition) is 5. The largest absolute Gasteiger partial charge is 0.391 e. The van der Waals surface area contributed by atoms with Crippen molar-refractivity contribution in [3.63, 3.8) is 0 Å². The normalized spacial score (nSPS) is 21.7. The van der Waals surface area contributed by atoms with Crippen molar-refractivity contribution < 1.29 is 9.90 Å². The van der Waals surface area contributed by atoms with Gasteiger partial charge in [-0.3, -0.25) is 9.89 Å². The van der Waals surface area contributed by atoms with E-state index in [0.29, 0.717) is 13.1 Å². The summed E-state index contributed by atoms with van der Waals surface area (Å²) in [4.78, 5) is 17.1. The molecule has 0 aliphatic carbocycles. The van der Waals surface area contributed by atoms with Crippen LogP contribution in [0.5, 0.6) is 0 Å². The molecule has 1 aromatic rings. The number of aromatic amines is 1. The Morgan fingerprint density at radius 3 is 3.07 bits per heavy atom. The van der Waals surface area contributed by atoms with Crippen molar-refractivity contribution in [1.82, 2.24) is 20.1 Å². The topological polar surface area (TPSA) is 108 Å². The minimum Gasteiger partial charge on any atom is -0.391 e. The van der Waals surface area contributed by atoms with Crippen LogP contribution in [0, 0.1) is 0 Å². The molecule has 1 fully saturated rings. The number of amides is 1. The van der Waals surface area contributed by atoms with E-state index in [-0.39, 0.29) is 17.7 Å². The Kier molecular flexibility index (Phi) is 2.55. The van der Waals surface area contributed by atoms with E-state index in [2.05, 4.69) is 15.2 Å². The van der Waals surface area contributed by atoms with Gasteiger partial charge in [0.1, 0.15) is 0 Å². The Balaban J connectivity index is 2.07. The van der Waals surface area contributed by atoms with Gasteiger partial charge in [-0.2, -0.15) is 4.98 Å². The summed E-state index contributed by atoms with van der Waals surface area (Å²) in [6, 6.07) is 0. The van der Waals surface area contributed by atoms with Gasteiger partial charge in [0.2, 0.25) is 11.8 Å². The number of carbonyl (C=O) groups excluding carboxylic acids is 1. The van der Waals surface area contributed by atoms with Crippen molar-refractivity contribution in [2.75, 3.05) is 18.8 Å². The predicted molar refractivity (Wildman–Crippen MR) is 51.9 cm³/mol. The Morgan fingerprint density at radius 1 is 1.67 bits per heavy atom. The smallest absolute Gasteiger partial charge is 0.291 e. The number of likely N-dealkylation sites (tertiary alicyclic amines) is 1. The first kappa shape index (κ1) is 9.91. The van der Waals surface area contributed by atoms with Gasteiger partial charge in [-0.1, -0.05) is 0 Å². The molecule has 1 aromatic heterocycles. The maximum absolute atomic E-state index is 11.8. The Hall–Kier alpha value is -1.63. The van der Waals surface area contributed by atoms with Crippen molar-refractivity contribution in [3.8, 4) is 0 Å². The quantitative estimate of drug-likeness (QED) is 0.551. The van der Waals surface area contributed by atoms with Gasteiger partial charge in [0, 0.05) is 13.1 Å². The first-order valence-corrected chi connectivity index (χ1v) is 4.82. The molecule has 0 aromatic carbocycles. The highest BCUT2D eigenvalue weighted by Crippen LogP contribution is 2.12. The number of aromatic nitrogens is 3. The molecule has 82 valence electrons. The van der Waals surface area contributed by atoms with Crippen LogP contribution in [0.4, 0.5) is 5.95 Å². The number of H-pyrrole nitrogens is 1. The second-order valence-electron chi connectivity index (χ2n) is 3.59. The van der Waals surface area contributed by atoms with Gasteiger partial charge in [0.25, 0.3) is 5.91 Å². The number of nitrogen functional groups attached to an aromatic ring is 1. The molecule has 1 atom stereocenters. The molecule has 0 spiro atoms. The van der Waals surface area contributed by atoms with Gasteiger partial charge in [0.05, 0.1) is 6.10 Å². The van der Waals surface area contributed by atoms with E-state index in [9.17, 15) is 9.90 Å². The first-order chi connectivity index (χ1) is 7.16. The standard InChI is InChI=1S/C8H13N5O2/c9-8-10-6(11-12-8)7(15)13-3-1-2-5(14)4-13/h5,14H,1-4H2,(H3,9,10,11,12)/t5-/m0/s1. The summed E-state index contributed by atoms with van der Waals surface area (Å²) in [5.41, 5.74) is 5.30. The van der Waals surface area contributed by atoms with Crippen LogP contribution in [0.1, 0.15) is 23.5 Å². The van der Waals surface area contributed by atoms with Gasteiger partial charge >= 0.3 is 0 Å². The molecule has 15 heavy (non-hydrogen) atoms. The lowest BCUT2D eigenvalue weighted by Gasteiger charge is -2.29. The molecule has 1 aliphatic heterocycles. The van der Waals surface area contributed by atoms with E-state index in [0.717, 1.165) is 12.8 Å². The van der Waals surface area contributed by atoms with Gasteiger partial charge in [-0.25, -0.2) is 0 Å². The molecule has 0 unspecified atom stereocenters. The van der Waals surface area contributed by atoms with E-state index < -0.39 is 6.10 Å². The maximum atomic E-state index is 11.8. The predicted octanol–water partition coefficient (Wildman–Crippen LogP) is -1.02. The molecule has 7 heteroatoms. The number of rotatable bonds is 1. The number of nitrogens with two attached hydrogens (primary N) is 1. The summed E-state index contributed by atoms with van der Waals surface area (Å²) in [5.74, 6) is -0.0875. The summed E-state index contributed by atoms with van der Waals surface area (Å²) in [5, 5.41) is 15.5. The highest BCUT2D eigenvalue weighted by molar-refractivity contribution is 5.90. The minimum absolute atomic E-state index is 0.0518. The molecule has 1 amide bonds. The minimum atomic E-state index is -0.442. The zero-order valence-electron chi connectivity index (χ0n) is 8.18. The summed E-state index contributed by atoms with van der Waals surface area (Å²) in [6.07, 6.45) is 1.10. The Morgan fingerprint density at radius 2 is 2.47 bits per heavy atom. The van der Waals surface area contributed by atoms with Crippen LogP contribution >= 0.6 is 0 Å². The van der Waals surface area contributed by atoms with Gasteiger partial charge < -0.3 is 15.7 Å². The third-order valence-corrected chi connectivity index (χ3v) is 2.39. The highest BCUT2D eigenvalue weighted by atomic mass is 16.3. The second-order valence-corrected chi connectivity index (χ2v) is 3.59. The fourth-order valence-electron chi connectivity index (χ4n) is 1.66. The van der Waals surface area contributed by atoms with Gasteiger partial charge in [-0.15, -0.1) is 5.10 Å². The van der Waals surface area contributed by atoms with Crippen LogP contribution < -0.4 is 5.73 Å². The Bertz CT molecular complexity index is 364. The lowest BCUT2D eigenvalue weighted by molar-refractivity contribution is 0.0464. The molecule has 7 nitrogen and oxygen atoms in total. The lowest BCUT2D eigenvalue weighted by atomic mass is 10.1. The third kappa shape index (κ3) is 2.07. The summed E-state index contributed by atoms with van der Waals surface area (Å²) < 4.78 is 0. The average molecular weight is 211 g/mol. The van der Waals surface area contributed by atoms with Crippen LogP contribution in [0.15, 0.2) is 0 Å². The van der Waals surface area contributed by atoms with Crippen molar-refractivity contribution >= 4 is 11.9 Å². The lowest BCUT2D eigenvalue weighted by Crippen LogP contribution is -2.42. The number of carbonyl (C=O) groups is 1. The van der Waals surface area contributed by atoms with Crippen LogP contribution in [0.3, 0.4) is 0 Å². The number of nitrogens with one attached hydrogen (secondary N) is 1. The molecular formula is C8H13N5O2. The number of anilines is 1. The number of nitrogens with zero attached hydrogens (tertiary/aromatic N) is 3. The van der Waals surface area contributed by atoms with Gasteiger partial charge in [0.15, 0.2) is 0 Å². The average Bonchev–Trinajstić information content (AvgIpc) is 2.64.